The van der Waals surface area contributed by atoms with E-state index in [1.165, 1.54) is 0 Å². The van der Waals surface area contributed by atoms with Crippen LogP contribution in [0.3, 0.4) is 0 Å². The average molecular weight is 391 g/mol. The molecule has 0 aliphatic heterocycles. The molecule has 27 heavy (non-hydrogen) atoms. The van der Waals surface area contributed by atoms with E-state index in [1.807, 2.05) is 0 Å². The first-order chi connectivity index (χ1) is 12.8. The van der Waals surface area contributed by atoms with Crippen LogP contribution in [0.2, 0.25) is 0 Å². The highest BCUT2D eigenvalue weighted by atomic mass is 17.3. The quantitative estimate of drug-likeness (QED) is 0.116. The molecule has 2 atom stereocenters. The highest BCUT2D eigenvalue weighted by Gasteiger charge is 2.33. The number of unbranched alkanes of at least 4 members (excludes halogenated alkanes) is 3. The number of hydrogen-bond acceptors (Lipinski definition) is 7. The van der Waals surface area contributed by atoms with E-state index in [1.54, 1.807) is 20.8 Å². The van der Waals surface area contributed by atoms with Gasteiger partial charge < -0.3 is 4.74 Å². The summed E-state index contributed by atoms with van der Waals surface area (Å²) in [4.78, 5) is 43.3. The summed E-state index contributed by atoms with van der Waals surface area (Å²) < 4.78 is 5.13. The molecule has 7 nitrogen and oxygen atoms in total. The normalized spacial score (nSPS) is 14.5. The summed E-state index contributed by atoms with van der Waals surface area (Å²) in [6.07, 6.45) is 6.31. The third-order valence-electron chi connectivity index (χ3n) is 4.27. The summed E-state index contributed by atoms with van der Waals surface area (Å²) >= 11 is 0. The lowest BCUT2D eigenvalue weighted by Gasteiger charge is -2.25. The van der Waals surface area contributed by atoms with Crippen LogP contribution in [0.5, 0.6) is 0 Å². The van der Waals surface area contributed by atoms with Crippen molar-refractivity contribution in [3.05, 3.63) is 0 Å². The van der Waals surface area contributed by atoms with Crippen LogP contribution in [0.4, 0.5) is 4.79 Å². The molecule has 0 saturated heterocycles. The fraction of sp³-hybridized carbons (Fsp3) is 0.900. The molecule has 0 radical (unpaired) electrons. The number of carbonyl (C=O) groups is 2. The van der Waals surface area contributed by atoms with Gasteiger partial charge >= 0.3 is 12.1 Å². The van der Waals surface area contributed by atoms with Gasteiger partial charge in [-0.25, -0.2) is 9.59 Å². The molecule has 0 aromatic carbocycles. The maximum absolute atomic E-state index is 11.8. The number of carbonyl (C=O) groups excluding carboxylic acids is 2. The molecule has 0 aliphatic rings. The zero-order valence-corrected chi connectivity index (χ0v) is 17.9. The molecule has 0 saturated carbocycles. The second-order valence-electron chi connectivity index (χ2n) is 7.38. The monoisotopic (exact) mass is 390 g/mol. The molecule has 0 amide bonds. The maximum Gasteiger partial charge on any atom is 0.540 e. The minimum Gasteiger partial charge on any atom is -0.432 e. The molecule has 0 heterocycles. The van der Waals surface area contributed by atoms with E-state index in [2.05, 4.69) is 20.8 Å². The topological polar surface area (TPSA) is 80.3 Å². The lowest BCUT2D eigenvalue weighted by atomic mass is 10.0. The van der Waals surface area contributed by atoms with Gasteiger partial charge in [0.1, 0.15) is 0 Å². The average Bonchev–Trinajstić information content (AvgIpc) is 2.65. The summed E-state index contributed by atoms with van der Waals surface area (Å²) in [7, 11) is 0. The smallest absolute Gasteiger partial charge is 0.432 e. The maximum atomic E-state index is 11.8. The van der Waals surface area contributed by atoms with Crippen molar-refractivity contribution in [1.82, 2.24) is 0 Å². The van der Waals surface area contributed by atoms with E-state index in [-0.39, 0.29) is 12.5 Å². The van der Waals surface area contributed by atoms with Crippen molar-refractivity contribution < 1.29 is 33.9 Å². The van der Waals surface area contributed by atoms with Crippen LogP contribution in [-0.4, -0.2) is 24.5 Å². The van der Waals surface area contributed by atoms with E-state index < -0.39 is 17.9 Å². The van der Waals surface area contributed by atoms with Gasteiger partial charge in [-0.3, -0.25) is 9.78 Å². The van der Waals surface area contributed by atoms with Crippen molar-refractivity contribution in [3.63, 3.8) is 0 Å². The summed E-state index contributed by atoms with van der Waals surface area (Å²) in [5.74, 6) is -1.95. The predicted octanol–water partition coefficient (Wildman–Crippen LogP) is 5.71. The Kier molecular flexibility index (Phi) is 14.0. The van der Waals surface area contributed by atoms with Gasteiger partial charge in [-0.1, -0.05) is 66.7 Å². The fourth-order valence-corrected chi connectivity index (χ4v) is 2.25. The molecular formula is C20H38O7. The first-order valence-corrected chi connectivity index (χ1v) is 10.2. The Balaban J connectivity index is 4.49. The number of ether oxygens (including phenoxy) is 1. The van der Waals surface area contributed by atoms with Crippen LogP contribution < -0.4 is 0 Å². The van der Waals surface area contributed by atoms with Crippen LogP contribution >= 0.6 is 0 Å². The Bertz CT molecular complexity index is 411. The minimum atomic E-state index is -1.38. The molecule has 0 N–H and O–H groups in total. The number of hydrogen-bond donors (Lipinski definition) is 0. The van der Waals surface area contributed by atoms with Crippen molar-refractivity contribution in [2.45, 2.75) is 98.7 Å². The molecule has 0 fully saturated rings. The molecule has 2 unspecified atom stereocenters. The molecule has 0 aromatic rings. The molecular weight excluding hydrogens is 352 g/mol. The van der Waals surface area contributed by atoms with Gasteiger partial charge in [0.05, 0.1) is 12.5 Å². The van der Waals surface area contributed by atoms with Gasteiger partial charge in [-0.2, -0.15) is 0 Å². The summed E-state index contributed by atoms with van der Waals surface area (Å²) in [5.41, 5.74) is 0. The predicted molar refractivity (Wildman–Crippen MR) is 101 cm³/mol. The Hall–Kier alpha value is -1.34. The van der Waals surface area contributed by atoms with E-state index in [0.717, 1.165) is 44.9 Å². The summed E-state index contributed by atoms with van der Waals surface area (Å²) in [5, 5.41) is 0. The Morgan fingerprint density at radius 3 is 2.11 bits per heavy atom. The zero-order chi connectivity index (χ0) is 20.7. The van der Waals surface area contributed by atoms with Crippen molar-refractivity contribution in [2.24, 2.45) is 11.8 Å². The van der Waals surface area contributed by atoms with Gasteiger partial charge in [0, 0.05) is 6.42 Å². The molecule has 0 bridgehead atoms. The second-order valence-corrected chi connectivity index (χ2v) is 7.38. The van der Waals surface area contributed by atoms with Crippen LogP contribution in [-0.2, 0) is 29.1 Å². The summed E-state index contributed by atoms with van der Waals surface area (Å²) in [6.45, 7) is 11.5. The highest BCUT2D eigenvalue weighted by Crippen LogP contribution is 2.23. The van der Waals surface area contributed by atoms with Gasteiger partial charge in [-0.15, -0.1) is 9.78 Å². The molecule has 7 heteroatoms. The molecule has 0 rings (SSSR count). The first kappa shape index (κ1) is 25.7. The van der Waals surface area contributed by atoms with Gasteiger partial charge in [0.15, 0.2) is 0 Å². The first-order valence-electron chi connectivity index (χ1n) is 10.2. The lowest BCUT2D eigenvalue weighted by molar-refractivity contribution is -0.478. The van der Waals surface area contributed by atoms with Crippen LogP contribution in [0.1, 0.15) is 92.9 Å². The third kappa shape index (κ3) is 12.6. The molecule has 0 aliphatic carbocycles. The Labute approximate surface area is 163 Å². The van der Waals surface area contributed by atoms with Gasteiger partial charge in [-0.05, 0) is 25.7 Å². The Morgan fingerprint density at radius 1 is 0.926 bits per heavy atom. The van der Waals surface area contributed by atoms with Crippen LogP contribution in [0, 0.1) is 11.8 Å². The largest absolute Gasteiger partial charge is 0.540 e. The van der Waals surface area contributed by atoms with E-state index in [4.69, 9.17) is 24.3 Å². The lowest BCUT2D eigenvalue weighted by Crippen LogP contribution is -2.35. The minimum absolute atomic E-state index is 0.286. The second kappa shape index (κ2) is 14.7. The molecule has 160 valence electrons. The SMILES string of the molecule is CCCCCC(C)(OOC(=O)OCC(CC)CCCC)OOC(=O)C(C)C. The van der Waals surface area contributed by atoms with Crippen molar-refractivity contribution in [3.8, 4) is 0 Å². The molecule has 0 spiro atoms. The van der Waals surface area contributed by atoms with Gasteiger partial charge in [0.25, 0.3) is 5.79 Å². The van der Waals surface area contributed by atoms with Gasteiger partial charge in [0.2, 0.25) is 0 Å². The van der Waals surface area contributed by atoms with Crippen molar-refractivity contribution >= 4 is 12.1 Å². The van der Waals surface area contributed by atoms with E-state index in [0.29, 0.717) is 12.3 Å². The van der Waals surface area contributed by atoms with Crippen molar-refractivity contribution in [1.29, 1.82) is 0 Å². The molecule has 0 aromatic heterocycles. The number of rotatable bonds is 15. The van der Waals surface area contributed by atoms with E-state index in [9.17, 15) is 9.59 Å². The van der Waals surface area contributed by atoms with Crippen LogP contribution in [0.25, 0.3) is 0 Å². The standard InChI is InChI=1S/C20H38O7/c1-7-10-12-14-20(6,26-24-18(21)16(4)5)27-25-19(22)23-15-17(9-3)13-11-8-2/h16-17H,7-15H2,1-6H3. The zero-order valence-electron chi connectivity index (χ0n) is 17.9. The van der Waals surface area contributed by atoms with Crippen molar-refractivity contribution in [2.75, 3.05) is 6.61 Å². The highest BCUT2D eigenvalue weighted by molar-refractivity contribution is 5.70. The fourth-order valence-electron chi connectivity index (χ4n) is 2.25. The summed E-state index contributed by atoms with van der Waals surface area (Å²) in [6, 6.07) is 0. The van der Waals surface area contributed by atoms with E-state index >= 15 is 0 Å². The Morgan fingerprint density at radius 2 is 1.56 bits per heavy atom. The third-order valence-corrected chi connectivity index (χ3v) is 4.27. The van der Waals surface area contributed by atoms with Crippen LogP contribution in [0.15, 0.2) is 0 Å².